The number of carbonyl (C=O) groups is 1. The quantitative estimate of drug-likeness (QED) is 0.506. The molecule has 4 rings (SSSR count). The molecule has 2 atom stereocenters. The Morgan fingerprint density at radius 1 is 1.20 bits per heavy atom. The third-order valence-electron chi connectivity index (χ3n) is 6.22. The minimum absolute atomic E-state index is 0.0166. The number of rotatable bonds is 6. The summed E-state index contributed by atoms with van der Waals surface area (Å²) < 4.78 is 2.34. The van der Waals surface area contributed by atoms with Crippen molar-refractivity contribution in [1.82, 2.24) is 9.55 Å². The van der Waals surface area contributed by atoms with Gasteiger partial charge in [-0.05, 0) is 60.1 Å². The fraction of sp³-hybridized carbons (Fsp3) is 0.440. The summed E-state index contributed by atoms with van der Waals surface area (Å²) in [5, 5.41) is 12.7. The van der Waals surface area contributed by atoms with Crippen molar-refractivity contribution in [2.75, 3.05) is 5.32 Å². The van der Waals surface area contributed by atoms with Gasteiger partial charge in [-0.3, -0.25) is 4.79 Å². The first kappa shape index (κ1) is 20.5. The highest BCUT2D eigenvalue weighted by Crippen LogP contribution is 2.37. The first-order chi connectivity index (χ1) is 14.4. The lowest BCUT2D eigenvalue weighted by molar-refractivity contribution is -0.136. The Labute approximate surface area is 178 Å². The van der Waals surface area contributed by atoms with Crippen molar-refractivity contribution in [3.05, 3.63) is 53.6 Å². The van der Waals surface area contributed by atoms with Crippen molar-refractivity contribution in [2.24, 2.45) is 5.92 Å². The van der Waals surface area contributed by atoms with Gasteiger partial charge < -0.3 is 15.0 Å². The van der Waals surface area contributed by atoms with Crippen molar-refractivity contribution in [2.45, 2.75) is 64.8 Å². The molecule has 0 radical (unpaired) electrons. The van der Waals surface area contributed by atoms with Crippen LogP contribution in [0, 0.1) is 5.92 Å². The van der Waals surface area contributed by atoms with Crippen LogP contribution in [0.4, 0.5) is 11.6 Å². The van der Waals surface area contributed by atoms with Crippen molar-refractivity contribution in [1.29, 1.82) is 0 Å². The van der Waals surface area contributed by atoms with Crippen LogP contribution in [-0.2, 0) is 11.2 Å². The van der Waals surface area contributed by atoms with E-state index in [9.17, 15) is 4.79 Å². The molecule has 158 valence electrons. The summed E-state index contributed by atoms with van der Waals surface area (Å²) in [7, 11) is 0. The molecule has 1 aliphatic carbocycles. The Kier molecular flexibility index (Phi) is 5.80. The van der Waals surface area contributed by atoms with Crippen LogP contribution in [-0.4, -0.2) is 20.6 Å². The van der Waals surface area contributed by atoms with Gasteiger partial charge in [0.15, 0.2) is 0 Å². The first-order valence-corrected chi connectivity index (χ1v) is 11.0. The number of carboxylic acids is 1. The van der Waals surface area contributed by atoms with Gasteiger partial charge in [-0.25, -0.2) is 4.98 Å². The Morgan fingerprint density at radius 2 is 1.97 bits per heavy atom. The fourth-order valence-electron chi connectivity index (χ4n) is 4.60. The van der Waals surface area contributed by atoms with Crippen molar-refractivity contribution in [3.63, 3.8) is 0 Å². The zero-order chi connectivity index (χ0) is 21.3. The van der Waals surface area contributed by atoms with Gasteiger partial charge in [0.2, 0.25) is 5.95 Å². The molecule has 2 unspecified atom stereocenters. The van der Waals surface area contributed by atoms with Gasteiger partial charge in [0, 0.05) is 11.7 Å². The highest BCUT2D eigenvalue weighted by atomic mass is 16.4. The van der Waals surface area contributed by atoms with E-state index in [1.54, 1.807) is 0 Å². The minimum atomic E-state index is -0.821. The van der Waals surface area contributed by atoms with Crippen LogP contribution in [0.1, 0.15) is 69.5 Å². The molecule has 1 saturated carbocycles. The van der Waals surface area contributed by atoms with Gasteiger partial charge in [-0.2, -0.15) is 0 Å². The van der Waals surface area contributed by atoms with E-state index in [-0.39, 0.29) is 6.42 Å². The first-order valence-electron chi connectivity index (χ1n) is 11.0. The average molecular weight is 406 g/mol. The summed E-state index contributed by atoms with van der Waals surface area (Å²) in [6, 6.07) is 14.8. The van der Waals surface area contributed by atoms with E-state index in [0.29, 0.717) is 17.9 Å². The SMILES string of the molecule is CC1CCCC(n2c(Nc3ccc(C(C)C)cc3)nc3cc(CC(=O)O)ccc32)C1. The fourth-order valence-corrected chi connectivity index (χ4v) is 4.60. The number of aliphatic carboxylic acids is 1. The van der Waals surface area contributed by atoms with Crippen molar-refractivity contribution >= 4 is 28.6 Å². The minimum Gasteiger partial charge on any atom is -0.481 e. The largest absolute Gasteiger partial charge is 0.481 e. The summed E-state index contributed by atoms with van der Waals surface area (Å²) in [5.74, 6) is 1.22. The number of carboxylic acid groups (broad SMARTS) is 1. The zero-order valence-corrected chi connectivity index (χ0v) is 18.1. The molecule has 1 heterocycles. The molecule has 0 aliphatic heterocycles. The third kappa shape index (κ3) is 4.35. The number of fused-ring (bicyclic) bond motifs is 1. The number of hydrogen-bond acceptors (Lipinski definition) is 3. The second-order valence-electron chi connectivity index (χ2n) is 9.03. The number of nitrogens with zero attached hydrogens (tertiary/aromatic N) is 2. The summed E-state index contributed by atoms with van der Waals surface area (Å²) in [6.45, 7) is 6.72. The molecular weight excluding hydrogens is 374 g/mol. The number of nitrogens with one attached hydrogen (secondary N) is 1. The number of aromatic nitrogens is 2. The summed E-state index contributed by atoms with van der Waals surface area (Å²) in [6.07, 6.45) is 4.82. The topological polar surface area (TPSA) is 67.2 Å². The van der Waals surface area contributed by atoms with Crippen LogP contribution in [0.2, 0.25) is 0 Å². The van der Waals surface area contributed by atoms with E-state index < -0.39 is 5.97 Å². The van der Waals surface area contributed by atoms with Crippen molar-refractivity contribution in [3.8, 4) is 0 Å². The average Bonchev–Trinajstić information content (AvgIpc) is 3.05. The Balaban J connectivity index is 1.73. The molecule has 1 aromatic heterocycles. The highest BCUT2D eigenvalue weighted by molar-refractivity contribution is 5.82. The van der Waals surface area contributed by atoms with Gasteiger partial charge in [-0.1, -0.05) is 51.8 Å². The normalized spacial score (nSPS) is 19.3. The van der Waals surface area contributed by atoms with Crippen LogP contribution >= 0.6 is 0 Å². The van der Waals surface area contributed by atoms with Crippen LogP contribution in [0.5, 0.6) is 0 Å². The molecule has 2 aromatic carbocycles. The maximum absolute atomic E-state index is 11.1. The molecule has 30 heavy (non-hydrogen) atoms. The molecule has 3 aromatic rings. The second kappa shape index (κ2) is 8.50. The molecule has 0 saturated heterocycles. The van der Waals surface area contributed by atoms with Crippen LogP contribution in [0.3, 0.4) is 0 Å². The highest BCUT2D eigenvalue weighted by Gasteiger charge is 2.25. The molecule has 5 heteroatoms. The van der Waals surface area contributed by atoms with Gasteiger partial charge >= 0.3 is 5.97 Å². The lowest BCUT2D eigenvalue weighted by Crippen LogP contribution is -2.19. The Morgan fingerprint density at radius 3 is 2.63 bits per heavy atom. The lowest BCUT2D eigenvalue weighted by Gasteiger charge is -2.29. The molecular formula is C25H31N3O2. The third-order valence-corrected chi connectivity index (χ3v) is 6.22. The maximum atomic E-state index is 11.1. The van der Waals surface area contributed by atoms with E-state index >= 15 is 0 Å². The predicted octanol–water partition coefficient (Wildman–Crippen LogP) is 6.28. The Bertz CT molecular complexity index is 1040. The molecule has 1 fully saturated rings. The van der Waals surface area contributed by atoms with Gasteiger partial charge in [0.1, 0.15) is 0 Å². The smallest absolute Gasteiger partial charge is 0.307 e. The summed E-state index contributed by atoms with van der Waals surface area (Å²) in [4.78, 5) is 16.0. The summed E-state index contributed by atoms with van der Waals surface area (Å²) >= 11 is 0. The van der Waals surface area contributed by atoms with E-state index in [1.807, 2.05) is 18.2 Å². The maximum Gasteiger partial charge on any atom is 0.307 e. The number of hydrogen-bond donors (Lipinski definition) is 2. The van der Waals surface area contributed by atoms with Crippen LogP contribution < -0.4 is 5.32 Å². The van der Waals surface area contributed by atoms with Gasteiger partial charge in [-0.15, -0.1) is 0 Å². The summed E-state index contributed by atoms with van der Waals surface area (Å²) in [5.41, 5.74) is 5.04. The molecule has 1 aliphatic rings. The molecule has 2 N–H and O–H groups in total. The lowest BCUT2D eigenvalue weighted by atomic mass is 9.87. The molecule has 0 amide bonds. The van der Waals surface area contributed by atoms with Gasteiger partial charge in [0.25, 0.3) is 0 Å². The van der Waals surface area contributed by atoms with E-state index in [0.717, 1.165) is 41.1 Å². The van der Waals surface area contributed by atoms with Crippen LogP contribution in [0.15, 0.2) is 42.5 Å². The number of imidazole rings is 1. The molecule has 5 nitrogen and oxygen atoms in total. The standard InChI is InChI=1S/C25H31N3O2/c1-16(2)19-8-10-20(11-9-19)26-25-27-22-14-18(15-24(29)30)7-12-23(22)28(25)21-6-4-5-17(3)13-21/h7-12,14,16-17,21H,4-6,13,15H2,1-3H3,(H,26,27)(H,29,30). The number of benzene rings is 2. The zero-order valence-electron chi connectivity index (χ0n) is 18.1. The van der Waals surface area contributed by atoms with Crippen LogP contribution in [0.25, 0.3) is 11.0 Å². The second-order valence-corrected chi connectivity index (χ2v) is 9.03. The monoisotopic (exact) mass is 405 g/mol. The van der Waals surface area contributed by atoms with Gasteiger partial charge in [0.05, 0.1) is 17.5 Å². The van der Waals surface area contributed by atoms with E-state index in [4.69, 9.17) is 10.1 Å². The molecule has 0 spiro atoms. The predicted molar refractivity (Wildman–Crippen MR) is 122 cm³/mol. The van der Waals surface area contributed by atoms with Crippen molar-refractivity contribution < 1.29 is 9.90 Å². The Hall–Kier alpha value is -2.82. The van der Waals surface area contributed by atoms with E-state index in [2.05, 4.69) is 54.9 Å². The van der Waals surface area contributed by atoms with E-state index in [1.165, 1.54) is 18.4 Å². The number of anilines is 2. The molecule has 0 bridgehead atoms.